The van der Waals surface area contributed by atoms with Gasteiger partial charge in [0.25, 0.3) is 0 Å². The minimum Gasteiger partial charge on any atom is -0.396 e. The van der Waals surface area contributed by atoms with Crippen molar-refractivity contribution in [3.63, 3.8) is 0 Å². The monoisotopic (exact) mass is 131 g/mol. The summed E-state index contributed by atoms with van der Waals surface area (Å²) >= 11 is 0. The highest BCUT2D eigenvalue weighted by Crippen LogP contribution is 2.50. The first kappa shape index (κ1) is 6.99. The van der Waals surface area contributed by atoms with E-state index in [0.717, 1.165) is 6.42 Å². The number of aliphatic hydroxyl groups excluding tert-OH is 2. The molecule has 1 aliphatic carbocycles. The molecule has 1 fully saturated rings. The predicted molar refractivity (Wildman–Crippen MR) is 33.8 cm³/mol. The fraction of sp³-hybridized carbons (Fsp3) is 1.00. The quantitative estimate of drug-likeness (QED) is 0.457. The zero-order valence-electron chi connectivity index (χ0n) is 5.38. The first-order valence-electron chi connectivity index (χ1n) is 3.21. The smallest absolute Gasteiger partial charge is 0.0503 e. The molecule has 3 heteroatoms. The first-order valence-corrected chi connectivity index (χ1v) is 3.21. The van der Waals surface area contributed by atoms with Crippen LogP contribution in [0.25, 0.3) is 0 Å². The van der Waals surface area contributed by atoms with Crippen molar-refractivity contribution in [2.75, 3.05) is 19.8 Å². The van der Waals surface area contributed by atoms with Crippen LogP contribution in [0.4, 0.5) is 0 Å². The summed E-state index contributed by atoms with van der Waals surface area (Å²) in [6.07, 6.45) is 0.885. The van der Waals surface area contributed by atoms with Crippen molar-refractivity contribution in [2.24, 2.45) is 17.1 Å². The highest BCUT2D eigenvalue weighted by Gasteiger charge is 2.51. The second kappa shape index (κ2) is 2.25. The molecule has 54 valence electrons. The van der Waals surface area contributed by atoms with Gasteiger partial charge in [0.05, 0.1) is 6.61 Å². The van der Waals surface area contributed by atoms with Crippen LogP contribution in [0.1, 0.15) is 6.42 Å². The molecule has 0 saturated heterocycles. The maximum atomic E-state index is 8.77. The van der Waals surface area contributed by atoms with Crippen LogP contribution in [0.15, 0.2) is 0 Å². The predicted octanol–water partition coefficient (Wildman–Crippen LogP) is -1.06. The normalized spacial score (nSPS) is 41.0. The molecule has 0 aromatic heterocycles. The van der Waals surface area contributed by atoms with Gasteiger partial charge in [-0.25, -0.2) is 0 Å². The number of aliphatic hydroxyl groups is 2. The molecule has 1 saturated carbocycles. The molecular formula is C6H13NO2. The van der Waals surface area contributed by atoms with E-state index in [0.29, 0.717) is 6.54 Å². The third kappa shape index (κ3) is 0.956. The highest BCUT2D eigenvalue weighted by atomic mass is 16.3. The zero-order chi connectivity index (χ0) is 6.91. The molecule has 0 heterocycles. The summed E-state index contributed by atoms with van der Waals surface area (Å²) in [5.74, 6) is 0.257. The van der Waals surface area contributed by atoms with Crippen LogP contribution >= 0.6 is 0 Å². The van der Waals surface area contributed by atoms with Crippen molar-refractivity contribution in [1.82, 2.24) is 0 Å². The Labute approximate surface area is 54.5 Å². The Balaban J connectivity index is 2.37. The lowest BCUT2D eigenvalue weighted by Crippen LogP contribution is -2.22. The highest BCUT2D eigenvalue weighted by molar-refractivity contribution is 5.02. The molecule has 9 heavy (non-hydrogen) atoms. The van der Waals surface area contributed by atoms with Crippen LogP contribution < -0.4 is 5.73 Å². The van der Waals surface area contributed by atoms with E-state index in [1.54, 1.807) is 0 Å². The van der Waals surface area contributed by atoms with Gasteiger partial charge in [0.15, 0.2) is 0 Å². The first-order chi connectivity index (χ1) is 4.29. The van der Waals surface area contributed by atoms with Crippen molar-refractivity contribution < 1.29 is 10.2 Å². The Morgan fingerprint density at radius 3 is 2.33 bits per heavy atom. The van der Waals surface area contributed by atoms with Gasteiger partial charge in [0.1, 0.15) is 0 Å². The van der Waals surface area contributed by atoms with Gasteiger partial charge in [-0.15, -0.1) is 0 Å². The third-order valence-corrected chi connectivity index (χ3v) is 2.30. The van der Waals surface area contributed by atoms with Crippen molar-refractivity contribution >= 4 is 0 Å². The topological polar surface area (TPSA) is 66.5 Å². The van der Waals surface area contributed by atoms with Crippen LogP contribution in [0.2, 0.25) is 0 Å². The Bertz CT molecular complexity index is 101. The molecule has 0 spiro atoms. The molecule has 3 nitrogen and oxygen atoms in total. The lowest BCUT2D eigenvalue weighted by Gasteiger charge is -2.08. The number of nitrogens with two attached hydrogens (primary N) is 1. The SMILES string of the molecule is NCC1(CO)CC1CO. The van der Waals surface area contributed by atoms with E-state index in [1.807, 2.05) is 0 Å². The molecule has 0 radical (unpaired) electrons. The van der Waals surface area contributed by atoms with E-state index < -0.39 is 0 Å². The molecule has 0 amide bonds. The van der Waals surface area contributed by atoms with Crippen LogP contribution in [0.3, 0.4) is 0 Å². The number of rotatable bonds is 3. The minimum atomic E-state index is -0.116. The Kier molecular flexibility index (Phi) is 1.75. The molecule has 0 aromatic carbocycles. The lowest BCUT2D eigenvalue weighted by atomic mass is 10.1. The molecule has 0 bridgehead atoms. The summed E-state index contributed by atoms with van der Waals surface area (Å²) in [6.45, 7) is 0.779. The molecule has 4 N–H and O–H groups in total. The van der Waals surface area contributed by atoms with Crippen molar-refractivity contribution in [3.8, 4) is 0 Å². The maximum Gasteiger partial charge on any atom is 0.0503 e. The van der Waals surface area contributed by atoms with Gasteiger partial charge in [-0.05, 0) is 12.3 Å². The molecule has 1 aliphatic rings. The summed E-state index contributed by atoms with van der Waals surface area (Å²) in [6, 6.07) is 0. The molecule has 2 unspecified atom stereocenters. The molecule has 2 atom stereocenters. The fourth-order valence-corrected chi connectivity index (χ4v) is 1.20. The van der Waals surface area contributed by atoms with Crippen LogP contribution in [-0.4, -0.2) is 30.0 Å². The van der Waals surface area contributed by atoms with Gasteiger partial charge in [-0.2, -0.15) is 0 Å². The Morgan fingerprint density at radius 1 is 1.56 bits per heavy atom. The van der Waals surface area contributed by atoms with Crippen LogP contribution in [0, 0.1) is 11.3 Å². The summed E-state index contributed by atoms with van der Waals surface area (Å²) in [5, 5.41) is 17.4. The van der Waals surface area contributed by atoms with Gasteiger partial charge >= 0.3 is 0 Å². The Morgan fingerprint density at radius 2 is 2.22 bits per heavy atom. The second-order valence-electron chi connectivity index (χ2n) is 2.81. The van der Waals surface area contributed by atoms with Gasteiger partial charge in [-0.1, -0.05) is 0 Å². The average molecular weight is 131 g/mol. The summed E-state index contributed by atoms with van der Waals surface area (Å²) in [7, 11) is 0. The average Bonchev–Trinajstić information content (AvgIpc) is 2.63. The summed E-state index contributed by atoms with van der Waals surface area (Å²) in [5.41, 5.74) is 5.26. The van der Waals surface area contributed by atoms with E-state index >= 15 is 0 Å². The van der Waals surface area contributed by atoms with E-state index in [4.69, 9.17) is 15.9 Å². The minimum absolute atomic E-state index is 0.116. The Hall–Kier alpha value is -0.120. The third-order valence-electron chi connectivity index (χ3n) is 2.30. The standard InChI is InChI=1S/C6H13NO2/c7-3-6(4-9)1-5(6)2-8/h5,8-9H,1-4,7H2. The molecule has 0 aromatic rings. The van der Waals surface area contributed by atoms with Gasteiger partial charge in [0, 0.05) is 18.6 Å². The summed E-state index contributed by atoms with van der Waals surface area (Å²) < 4.78 is 0. The van der Waals surface area contributed by atoms with E-state index in [9.17, 15) is 0 Å². The lowest BCUT2D eigenvalue weighted by molar-refractivity contribution is 0.177. The van der Waals surface area contributed by atoms with E-state index in [2.05, 4.69) is 0 Å². The maximum absolute atomic E-state index is 8.77. The summed E-state index contributed by atoms with van der Waals surface area (Å²) in [4.78, 5) is 0. The van der Waals surface area contributed by atoms with Gasteiger partial charge in [0.2, 0.25) is 0 Å². The zero-order valence-corrected chi connectivity index (χ0v) is 5.38. The van der Waals surface area contributed by atoms with Gasteiger partial charge < -0.3 is 15.9 Å². The number of hydrogen-bond acceptors (Lipinski definition) is 3. The second-order valence-corrected chi connectivity index (χ2v) is 2.81. The molecule has 1 rings (SSSR count). The van der Waals surface area contributed by atoms with Crippen molar-refractivity contribution in [3.05, 3.63) is 0 Å². The van der Waals surface area contributed by atoms with Crippen molar-refractivity contribution in [2.45, 2.75) is 6.42 Å². The van der Waals surface area contributed by atoms with Crippen molar-refractivity contribution in [1.29, 1.82) is 0 Å². The largest absolute Gasteiger partial charge is 0.396 e. The molecule has 0 aliphatic heterocycles. The van der Waals surface area contributed by atoms with Crippen LogP contribution in [-0.2, 0) is 0 Å². The van der Waals surface area contributed by atoms with E-state index in [1.165, 1.54) is 0 Å². The van der Waals surface area contributed by atoms with E-state index in [-0.39, 0.29) is 24.5 Å². The van der Waals surface area contributed by atoms with Crippen LogP contribution in [0.5, 0.6) is 0 Å². The van der Waals surface area contributed by atoms with Gasteiger partial charge in [-0.3, -0.25) is 0 Å². The molecular weight excluding hydrogens is 118 g/mol. The fourth-order valence-electron chi connectivity index (χ4n) is 1.20. The number of hydrogen-bond donors (Lipinski definition) is 3.